The van der Waals surface area contributed by atoms with Crippen LogP contribution in [0.1, 0.15) is 24.2 Å². The zero-order valence-electron chi connectivity index (χ0n) is 17.9. The molecule has 0 fully saturated rings. The zero-order valence-corrected chi connectivity index (χ0v) is 19.5. The van der Waals surface area contributed by atoms with Crippen molar-refractivity contribution < 1.29 is 22.7 Å². The molecule has 0 radical (unpaired) electrons. The van der Waals surface area contributed by atoms with Crippen LogP contribution in [0.5, 0.6) is 0 Å². The largest absolute Gasteiger partial charge is 0.452 e. The molecule has 0 spiro atoms. The van der Waals surface area contributed by atoms with Gasteiger partial charge in [0.2, 0.25) is 10.0 Å². The number of sulfonamides is 1. The van der Waals surface area contributed by atoms with Gasteiger partial charge >= 0.3 is 11.7 Å². The summed E-state index contributed by atoms with van der Waals surface area (Å²) in [6, 6.07) is 4.66. The van der Waals surface area contributed by atoms with Gasteiger partial charge in [-0.25, -0.2) is 18.0 Å². The van der Waals surface area contributed by atoms with Gasteiger partial charge in [0, 0.05) is 33.3 Å². The minimum atomic E-state index is -3.93. The number of aromatic nitrogens is 2. The fourth-order valence-electron chi connectivity index (χ4n) is 2.78. The Balaban J connectivity index is 2.17. The van der Waals surface area contributed by atoms with Gasteiger partial charge in [-0.1, -0.05) is 25.4 Å². The van der Waals surface area contributed by atoms with Crippen LogP contribution in [0, 0.1) is 0 Å². The smallest absolute Gasteiger partial charge is 0.338 e. The molecule has 0 unspecified atom stereocenters. The molecule has 0 aliphatic heterocycles. The number of nitrogens with zero attached hydrogens (tertiary/aromatic N) is 3. The van der Waals surface area contributed by atoms with Gasteiger partial charge in [0.25, 0.3) is 11.5 Å². The van der Waals surface area contributed by atoms with E-state index in [0.717, 1.165) is 21.3 Å². The average Bonchev–Trinajstić information content (AvgIpc) is 2.75. The van der Waals surface area contributed by atoms with E-state index in [2.05, 4.69) is 5.32 Å². The van der Waals surface area contributed by atoms with Crippen LogP contribution in [0.3, 0.4) is 0 Å². The minimum absolute atomic E-state index is 0.0576. The lowest BCUT2D eigenvalue weighted by atomic mass is 10.2. The lowest BCUT2D eigenvalue weighted by Crippen LogP contribution is -2.38. The standard InChI is InChI=1S/C19H23ClN4O7S/c1-5-24(6-2)32(29,30)14-9-12(7-8-13(14)20)18(27)31-11-16(25)21-15-10-17(26)23(4)19(28)22(15)3/h7-10H,5-6,11H2,1-4H3,(H,21,25). The molecule has 0 bridgehead atoms. The molecule has 13 heteroatoms. The van der Waals surface area contributed by atoms with Crippen LogP contribution < -0.4 is 16.6 Å². The molecule has 11 nitrogen and oxygen atoms in total. The van der Waals surface area contributed by atoms with Gasteiger partial charge in [-0.05, 0) is 18.2 Å². The molecule has 0 saturated heterocycles. The fraction of sp³-hybridized carbons (Fsp3) is 0.368. The molecule has 1 heterocycles. The molecule has 0 aliphatic rings. The summed E-state index contributed by atoms with van der Waals surface area (Å²) in [5.41, 5.74) is -1.38. The Morgan fingerprint density at radius 3 is 2.31 bits per heavy atom. The predicted octanol–water partition coefficient (Wildman–Crippen LogP) is 0.563. The van der Waals surface area contributed by atoms with E-state index in [0.29, 0.717) is 0 Å². The lowest BCUT2D eigenvalue weighted by molar-refractivity contribution is -0.119. The van der Waals surface area contributed by atoms with Crippen molar-refractivity contribution in [3.8, 4) is 0 Å². The van der Waals surface area contributed by atoms with Crippen LogP contribution >= 0.6 is 11.6 Å². The number of nitrogens with one attached hydrogen (secondary N) is 1. The number of anilines is 1. The first-order valence-electron chi connectivity index (χ1n) is 9.47. The Morgan fingerprint density at radius 1 is 1.09 bits per heavy atom. The maximum Gasteiger partial charge on any atom is 0.338 e. The Morgan fingerprint density at radius 2 is 1.72 bits per heavy atom. The predicted molar refractivity (Wildman–Crippen MR) is 117 cm³/mol. The number of rotatable bonds is 8. The van der Waals surface area contributed by atoms with Gasteiger partial charge < -0.3 is 10.1 Å². The van der Waals surface area contributed by atoms with Crippen molar-refractivity contribution >= 4 is 39.3 Å². The Labute approximate surface area is 189 Å². The third-order valence-corrected chi connectivity index (χ3v) is 7.15. The number of ether oxygens (including phenoxy) is 1. The van der Waals surface area contributed by atoms with Gasteiger partial charge in [-0.3, -0.25) is 18.7 Å². The van der Waals surface area contributed by atoms with Gasteiger partial charge in [0.05, 0.1) is 10.6 Å². The summed E-state index contributed by atoms with van der Waals surface area (Å²) < 4.78 is 33.5. The topological polar surface area (TPSA) is 137 Å². The Hall–Kier alpha value is -2.96. The van der Waals surface area contributed by atoms with Gasteiger partial charge in [-0.2, -0.15) is 4.31 Å². The normalized spacial score (nSPS) is 11.4. The molecule has 2 rings (SSSR count). The molecule has 0 atom stereocenters. The molecule has 174 valence electrons. The highest BCUT2D eigenvalue weighted by Crippen LogP contribution is 2.26. The summed E-state index contributed by atoms with van der Waals surface area (Å²) in [6.07, 6.45) is 0. The molecule has 2 aromatic rings. The van der Waals surface area contributed by atoms with Crippen LogP contribution in [-0.4, -0.2) is 53.4 Å². The Bertz CT molecular complexity index is 1260. The highest BCUT2D eigenvalue weighted by molar-refractivity contribution is 7.89. The summed E-state index contributed by atoms with van der Waals surface area (Å²) in [6.45, 7) is 3.04. The third kappa shape index (κ3) is 5.26. The van der Waals surface area contributed by atoms with Crippen molar-refractivity contribution in [1.82, 2.24) is 13.4 Å². The first-order chi connectivity index (χ1) is 14.9. The van der Waals surface area contributed by atoms with E-state index in [-0.39, 0.29) is 34.4 Å². The number of hydrogen-bond acceptors (Lipinski definition) is 7. The van der Waals surface area contributed by atoms with Crippen molar-refractivity contribution in [3.63, 3.8) is 0 Å². The summed E-state index contributed by atoms with van der Waals surface area (Å²) in [4.78, 5) is 47.9. The van der Waals surface area contributed by atoms with E-state index in [1.54, 1.807) is 13.8 Å². The lowest BCUT2D eigenvalue weighted by Gasteiger charge is -2.19. The summed E-state index contributed by atoms with van der Waals surface area (Å²) in [7, 11) is -1.28. The maximum absolute atomic E-state index is 12.7. The molecular formula is C19H23ClN4O7S. The van der Waals surface area contributed by atoms with Gasteiger partial charge in [0.1, 0.15) is 10.7 Å². The van der Waals surface area contributed by atoms with E-state index in [4.69, 9.17) is 16.3 Å². The number of hydrogen-bond donors (Lipinski definition) is 1. The highest BCUT2D eigenvalue weighted by Gasteiger charge is 2.26. The van der Waals surface area contributed by atoms with Gasteiger partial charge in [0.15, 0.2) is 6.61 Å². The number of esters is 1. The summed E-state index contributed by atoms with van der Waals surface area (Å²) in [5, 5.41) is 2.25. The molecule has 1 aromatic heterocycles. The second kappa shape index (κ2) is 10.1. The van der Waals surface area contributed by atoms with E-state index in [9.17, 15) is 27.6 Å². The molecule has 0 saturated carbocycles. The van der Waals surface area contributed by atoms with Gasteiger partial charge in [-0.15, -0.1) is 0 Å². The van der Waals surface area contributed by atoms with Crippen LogP contribution in [0.2, 0.25) is 5.02 Å². The SMILES string of the molecule is CCN(CC)S(=O)(=O)c1cc(C(=O)OCC(=O)Nc2cc(=O)n(C)c(=O)n2C)ccc1Cl. The monoisotopic (exact) mass is 486 g/mol. The van der Waals surface area contributed by atoms with Crippen LogP contribution in [0.25, 0.3) is 0 Å². The van der Waals surface area contributed by atoms with Crippen molar-refractivity contribution in [3.05, 3.63) is 55.7 Å². The third-order valence-electron chi connectivity index (χ3n) is 4.62. The van der Waals surface area contributed by atoms with Crippen LogP contribution in [0.4, 0.5) is 5.82 Å². The van der Waals surface area contributed by atoms with Crippen molar-refractivity contribution in [1.29, 1.82) is 0 Å². The number of benzene rings is 1. The number of carbonyl (C=O) groups excluding carboxylic acids is 2. The molecule has 1 aromatic carbocycles. The van der Waals surface area contributed by atoms with E-state index in [1.807, 2.05) is 0 Å². The second-order valence-electron chi connectivity index (χ2n) is 6.63. The Kier molecular flexibility index (Phi) is 7.99. The molecular weight excluding hydrogens is 464 g/mol. The van der Waals surface area contributed by atoms with Crippen molar-refractivity contribution in [2.45, 2.75) is 18.7 Å². The number of amides is 1. The average molecular weight is 487 g/mol. The van der Waals surface area contributed by atoms with E-state index < -0.39 is 39.8 Å². The van der Waals surface area contributed by atoms with Crippen LogP contribution in [-0.2, 0) is 33.7 Å². The number of halogens is 1. The number of carbonyl (C=O) groups is 2. The summed E-state index contributed by atoms with van der Waals surface area (Å²) >= 11 is 6.04. The molecule has 1 N–H and O–H groups in total. The maximum atomic E-state index is 12.7. The minimum Gasteiger partial charge on any atom is -0.452 e. The first kappa shape index (κ1) is 25.3. The summed E-state index contributed by atoms with van der Waals surface area (Å²) in [5.74, 6) is -1.82. The molecule has 0 aliphatic carbocycles. The second-order valence-corrected chi connectivity index (χ2v) is 8.94. The van der Waals surface area contributed by atoms with Crippen molar-refractivity contribution in [2.24, 2.45) is 14.1 Å². The van der Waals surface area contributed by atoms with Crippen molar-refractivity contribution in [2.75, 3.05) is 25.0 Å². The van der Waals surface area contributed by atoms with E-state index >= 15 is 0 Å². The molecule has 32 heavy (non-hydrogen) atoms. The van der Waals surface area contributed by atoms with E-state index in [1.165, 1.54) is 30.5 Å². The zero-order chi connectivity index (χ0) is 24.2. The quantitative estimate of drug-likeness (QED) is 0.538. The van der Waals surface area contributed by atoms with Crippen LogP contribution in [0.15, 0.2) is 38.8 Å². The highest BCUT2D eigenvalue weighted by atomic mass is 35.5. The molecule has 1 amide bonds. The first-order valence-corrected chi connectivity index (χ1v) is 11.3. The fourth-order valence-corrected chi connectivity index (χ4v) is 4.74.